The molecule has 2 heteroatoms. The Morgan fingerprint density at radius 2 is 2.00 bits per heavy atom. The molecular formula is C12H12O2. The minimum Gasteiger partial charge on any atom is -0.423 e. The van der Waals surface area contributed by atoms with Crippen LogP contribution in [0.4, 0.5) is 0 Å². The molecule has 2 nitrogen and oxygen atoms in total. The van der Waals surface area contributed by atoms with Gasteiger partial charge in [0.05, 0.1) is 0 Å². The van der Waals surface area contributed by atoms with E-state index in [0.29, 0.717) is 11.7 Å². The summed E-state index contributed by atoms with van der Waals surface area (Å²) < 4.78 is 5.01. The molecule has 0 aromatic carbocycles. The summed E-state index contributed by atoms with van der Waals surface area (Å²) in [5, 5.41) is 0. The van der Waals surface area contributed by atoms with Gasteiger partial charge in [0.25, 0.3) is 0 Å². The lowest BCUT2D eigenvalue weighted by Crippen LogP contribution is -1.85. The number of hydrogen-bond donors (Lipinski definition) is 0. The first-order valence-corrected chi connectivity index (χ1v) is 4.70. The van der Waals surface area contributed by atoms with E-state index in [0.717, 1.165) is 5.56 Å². The van der Waals surface area contributed by atoms with Crippen LogP contribution in [0.1, 0.15) is 25.3 Å². The predicted octanol–water partition coefficient (Wildman–Crippen LogP) is 2.87. The van der Waals surface area contributed by atoms with Crippen molar-refractivity contribution in [1.82, 2.24) is 0 Å². The topological polar surface area (TPSA) is 30.2 Å². The van der Waals surface area contributed by atoms with Crippen molar-refractivity contribution in [3.05, 3.63) is 46.3 Å². The fourth-order valence-electron chi connectivity index (χ4n) is 1.47. The maximum absolute atomic E-state index is 11.0. The third-order valence-electron chi connectivity index (χ3n) is 2.29. The summed E-state index contributed by atoms with van der Waals surface area (Å²) in [4.78, 5) is 11.0. The Balaban J connectivity index is 2.66. The van der Waals surface area contributed by atoms with Crippen LogP contribution in [0, 0.1) is 0 Å². The van der Waals surface area contributed by atoms with Gasteiger partial charge < -0.3 is 4.42 Å². The highest BCUT2D eigenvalue weighted by Crippen LogP contribution is 2.23. The van der Waals surface area contributed by atoms with Gasteiger partial charge in [-0.1, -0.05) is 26.0 Å². The number of fused-ring (bicyclic) bond motifs is 1. The maximum atomic E-state index is 11.0. The first-order valence-electron chi connectivity index (χ1n) is 4.70. The first-order chi connectivity index (χ1) is 6.66. The zero-order valence-corrected chi connectivity index (χ0v) is 8.28. The molecule has 0 unspecified atom stereocenters. The standard InChI is InChI=1S/C12H12O2/c1-8(2)9-4-3-5-11-10(6-9)7-12(13)14-11/h3-8H,1-2H3. The van der Waals surface area contributed by atoms with Crippen LogP contribution in [0.5, 0.6) is 0 Å². The summed E-state index contributed by atoms with van der Waals surface area (Å²) in [6, 6.07) is 9.32. The zero-order valence-electron chi connectivity index (χ0n) is 8.28. The van der Waals surface area contributed by atoms with E-state index in [9.17, 15) is 4.79 Å². The summed E-state index contributed by atoms with van der Waals surface area (Å²) in [6.45, 7) is 4.25. The third kappa shape index (κ3) is 1.55. The molecule has 0 amide bonds. The van der Waals surface area contributed by atoms with Gasteiger partial charge in [-0.2, -0.15) is 0 Å². The second-order valence-electron chi connectivity index (χ2n) is 3.71. The van der Waals surface area contributed by atoms with Gasteiger partial charge in [0.1, 0.15) is 5.76 Å². The molecule has 1 heterocycles. The highest BCUT2D eigenvalue weighted by molar-refractivity contribution is 5.58. The van der Waals surface area contributed by atoms with Crippen molar-refractivity contribution in [2.24, 2.45) is 0 Å². The Hall–Kier alpha value is -1.57. The van der Waals surface area contributed by atoms with Gasteiger partial charge in [0.2, 0.25) is 0 Å². The molecule has 2 rings (SSSR count). The lowest BCUT2D eigenvalue weighted by molar-refractivity contribution is 0.545. The van der Waals surface area contributed by atoms with Crippen LogP contribution in [-0.4, -0.2) is 0 Å². The van der Waals surface area contributed by atoms with Crippen molar-refractivity contribution in [3.8, 4) is 11.3 Å². The second kappa shape index (κ2) is 3.29. The average molecular weight is 188 g/mol. The van der Waals surface area contributed by atoms with Crippen LogP contribution in [0.25, 0.3) is 11.3 Å². The van der Waals surface area contributed by atoms with E-state index in [-0.39, 0.29) is 5.63 Å². The molecule has 0 N–H and O–H groups in total. The summed E-state index contributed by atoms with van der Waals surface area (Å²) in [7, 11) is 0. The van der Waals surface area contributed by atoms with Gasteiger partial charge in [-0.25, -0.2) is 4.79 Å². The van der Waals surface area contributed by atoms with E-state index in [1.54, 1.807) is 0 Å². The first kappa shape index (κ1) is 9.00. The van der Waals surface area contributed by atoms with Crippen molar-refractivity contribution in [2.75, 3.05) is 0 Å². The molecule has 0 saturated heterocycles. The maximum Gasteiger partial charge on any atom is 0.336 e. The van der Waals surface area contributed by atoms with Crippen molar-refractivity contribution in [1.29, 1.82) is 0 Å². The van der Waals surface area contributed by atoms with Gasteiger partial charge in [-0.3, -0.25) is 0 Å². The van der Waals surface area contributed by atoms with Crippen LogP contribution in [-0.2, 0) is 0 Å². The molecule has 0 saturated carbocycles. The molecule has 0 bridgehead atoms. The van der Waals surface area contributed by atoms with Gasteiger partial charge in [-0.05, 0) is 23.6 Å². The van der Waals surface area contributed by atoms with E-state index in [2.05, 4.69) is 13.8 Å². The minimum absolute atomic E-state index is 0.277. The van der Waals surface area contributed by atoms with E-state index < -0.39 is 0 Å². The Morgan fingerprint density at radius 1 is 1.21 bits per heavy atom. The summed E-state index contributed by atoms with van der Waals surface area (Å²) in [5.41, 5.74) is 1.81. The van der Waals surface area contributed by atoms with E-state index in [4.69, 9.17) is 4.42 Å². The highest BCUT2D eigenvalue weighted by Gasteiger charge is 2.07. The molecule has 1 aliphatic heterocycles. The lowest BCUT2D eigenvalue weighted by atomic mass is 10.0. The Morgan fingerprint density at radius 3 is 2.71 bits per heavy atom. The second-order valence-corrected chi connectivity index (χ2v) is 3.71. The van der Waals surface area contributed by atoms with Crippen LogP contribution in [0.3, 0.4) is 0 Å². The van der Waals surface area contributed by atoms with Crippen molar-refractivity contribution < 1.29 is 4.42 Å². The molecule has 0 fully saturated rings. The number of furan rings is 1. The van der Waals surface area contributed by atoms with Crippen molar-refractivity contribution in [3.63, 3.8) is 0 Å². The van der Waals surface area contributed by atoms with E-state index in [1.807, 2.05) is 24.3 Å². The number of rotatable bonds is 1. The van der Waals surface area contributed by atoms with Crippen LogP contribution >= 0.6 is 0 Å². The fourth-order valence-corrected chi connectivity index (χ4v) is 1.47. The summed E-state index contributed by atoms with van der Waals surface area (Å²) >= 11 is 0. The molecule has 0 spiro atoms. The molecule has 0 aromatic heterocycles. The van der Waals surface area contributed by atoms with Gasteiger partial charge >= 0.3 is 5.63 Å². The van der Waals surface area contributed by atoms with E-state index >= 15 is 0 Å². The molecule has 72 valence electrons. The van der Waals surface area contributed by atoms with Crippen molar-refractivity contribution >= 4 is 0 Å². The quantitative estimate of drug-likeness (QED) is 0.688. The normalized spacial score (nSPS) is 11.1. The monoisotopic (exact) mass is 188 g/mol. The SMILES string of the molecule is CC(C)c1cccc2oc(=O)cc-2c1. The Labute approximate surface area is 82.5 Å². The highest BCUT2D eigenvalue weighted by atomic mass is 16.4. The predicted molar refractivity (Wildman–Crippen MR) is 55.7 cm³/mol. The fraction of sp³-hybridized carbons (Fsp3) is 0.250. The number of hydrogen-bond acceptors (Lipinski definition) is 2. The molecule has 1 aliphatic carbocycles. The smallest absolute Gasteiger partial charge is 0.336 e. The zero-order chi connectivity index (χ0) is 10.1. The van der Waals surface area contributed by atoms with Crippen molar-refractivity contribution in [2.45, 2.75) is 19.8 Å². The van der Waals surface area contributed by atoms with Crippen LogP contribution < -0.4 is 5.63 Å². The Kier molecular flexibility index (Phi) is 2.12. The molecule has 2 aliphatic rings. The largest absolute Gasteiger partial charge is 0.423 e. The molecule has 0 aromatic rings. The molecule has 0 radical (unpaired) electrons. The molecule has 14 heavy (non-hydrogen) atoms. The minimum atomic E-state index is -0.277. The molecular weight excluding hydrogens is 176 g/mol. The Bertz CT molecular complexity index is 468. The van der Waals surface area contributed by atoms with E-state index in [1.165, 1.54) is 11.6 Å². The molecule has 0 atom stereocenters. The summed E-state index contributed by atoms with van der Waals surface area (Å²) in [5.74, 6) is 1.11. The average Bonchev–Trinajstić information content (AvgIpc) is 2.32. The third-order valence-corrected chi connectivity index (χ3v) is 2.29. The van der Waals surface area contributed by atoms with Crippen LogP contribution in [0.15, 0.2) is 39.5 Å². The van der Waals surface area contributed by atoms with Gasteiger partial charge in [-0.15, -0.1) is 0 Å². The lowest BCUT2D eigenvalue weighted by Gasteiger charge is -2.00. The summed E-state index contributed by atoms with van der Waals surface area (Å²) in [6.07, 6.45) is 0. The van der Waals surface area contributed by atoms with Gasteiger partial charge in [0.15, 0.2) is 0 Å². The van der Waals surface area contributed by atoms with Crippen LogP contribution in [0.2, 0.25) is 0 Å². The van der Waals surface area contributed by atoms with Gasteiger partial charge in [0, 0.05) is 11.6 Å².